The Balaban J connectivity index is 0.000000208. The number of aromatic nitrogens is 4. The van der Waals surface area contributed by atoms with Gasteiger partial charge in [-0.3, -0.25) is 20.2 Å². The molecule has 2 atom stereocenters. The second kappa shape index (κ2) is 16.5. The number of rotatable bonds is 10. The second-order valence-electron chi connectivity index (χ2n) is 15.2. The number of benzene rings is 2. The standard InChI is InChI=1S/C21H27N5O3.C18H23N5O/c1-13(23-20(28)29-21(2,3)4)11-18(27)25-19-24-16-10-9-14(22-5)12-17(16)26(19)15-7-6-8-15;1-12(22(3)4)10-17(24)21-18-20-15-9-8-13(19-2)11-16(15)23(18)14-6-5-7-14/h9-10,12-13,15H,6-8,11H2,1-4H3,(H,23,28)(H,24,25,27);8-9,11-12,14H,5-7,10H2,1,3-4H3,(H,20,21,24). The van der Waals surface area contributed by atoms with Crippen LogP contribution in [0.2, 0.25) is 0 Å². The summed E-state index contributed by atoms with van der Waals surface area (Å²) in [6, 6.07) is 11.3. The van der Waals surface area contributed by atoms with Crippen LogP contribution in [0.3, 0.4) is 0 Å². The predicted molar refractivity (Wildman–Crippen MR) is 206 cm³/mol. The van der Waals surface area contributed by atoms with E-state index in [1.165, 1.54) is 6.42 Å². The molecule has 4 aromatic rings. The van der Waals surface area contributed by atoms with Crippen molar-refractivity contribution < 1.29 is 19.1 Å². The molecule has 2 heterocycles. The topological polar surface area (TPSA) is 144 Å². The molecule has 14 heteroatoms. The van der Waals surface area contributed by atoms with E-state index < -0.39 is 11.7 Å². The highest BCUT2D eigenvalue weighted by Crippen LogP contribution is 2.39. The first-order valence-corrected chi connectivity index (χ1v) is 18.2. The van der Waals surface area contributed by atoms with Crippen LogP contribution in [0.25, 0.3) is 31.8 Å². The van der Waals surface area contributed by atoms with E-state index in [2.05, 4.69) is 40.2 Å². The highest BCUT2D eigenvalue weighted by molar-refractivity contribution is 5.93. The zero-order chi connectivity index (χ0) is 38.4. The molecule has 0 radical (unpaired) electrons. The van der Waals surface area contributed by atoms with Crippen LogP contribution in [0.15, 0.2) is 36.4 Å². The van der Waals surface area contributed by atoms with Crippen molar-refractivity contribution in [3.05, 3.63) is 59.2 Å². The average Bonchev–Trinajstić information content (AvgIpc) is 3.54. The molecule has 2 aromatic carbocycles. The highest BCUT2D eigenvalue weighted by atomic mass is 16.6. The van der Waals surface area contributed by atoms with Gasteiger partial charge in [0.15, 0.2) is 11.4 Å². The van der Waals surface area contributed by atoms with Gasteiger partial charge in [-0.15, -0.1) is 0 Å². The molecule has 53 heavy (non-hydrogen) atoms. The van der Waals surface area contributed by atoms with E-state index in [9.17, 15) is 14.4 Å². The fourth-order valence-electron chi connectivity index (χ4n) is 6.15. The maximum atomic E-state index is 12.6. The first kappa shape index (κ1) is 38.8. The predicted octanol–water partition coefficient (Wildman–Crippen LogP) is 8.14. The SMILES string of the molecule is [C-]#[N+]c1ccc2nc(NC(=O)CC(C)N(C)C)n(C3CCC3)c2c1.[C-]#[N+]c1ccc2nc(NC(=O)CC(C)NC(=O)OC(C)(C)C)n(C3CCC3)c2c1. The molecule has 0 saturated heterocycles. The van der Waals surface area contributed by atoms with Crippen LogP contribution >= 0.6 is 0 Å². The molecule has 0 aliphatic heterocycles. The van der Waals surface area contributed by atoms with E-state index in [-0.39, 0.29) is 36.4 Å². The van der Waals surface area contributed by atoms with Crippen molar-refractivity contribution in [3.8, 4) is 0 Å². The van der Waals surface area contributed by atoms with Crippen molar-refractivity contribution in [1.82, 2.24) is 29.3 Å². The van der Waals surface area contributed by atoms with E-state index in [0.29, 0.717) is 35.7 Å². The van der Waals surface area contributed by atoms with E-state index in [0.717, 1.165) is 54.2 Å². The number of amides is 3. The molecule has 2 aromatic heterocycles. The number of anilines is 2. The Morgan fingerprint density at radius 3 is 1.66 bits per heavy atom. The van der Waals surface area contributed by atoms with Gasteiger partial charge >= 0.3 is 6.09 Å². The van der Waals surface area contributed by atoms with Crippen molar-refractivity contribution in [3.63, 3.8) is 0 Å². The molecule has 2 aliphatic rings. The largest absolute Gasteiger partial charge is 0.444 e. The Hall–Kier alpha value is -5.47. The van der Waals surface area contributed by atoms with E-state index in [4.69, 9.17) is 17.9 Å². The molecule has 2 fully saturated rings. The van der Waals surface area contributed by atoms with Gasteiger partial charge in [-0.2, -0.15) is 0 Å². The molecular weight excluding hydrogens is 672 g/mol. The summed E-state index contributed by atoms with van der Waals surface area (Å²) in [6.07, 6.45) is 6.52. The first-order chi connectivity index (χ1) is 25.1. The maximum Gasteiger partial charge on any atom is 0.407 e. The summed E-state index contributed by atoms with van der Waals surface area (Å²) in [5, 5.41) is 8.54. The Morgan fingerprint density at radius 2 is 1.28 bits per heavy atom. The molecule has 2 aliphatic carbocycles. The molecule has 14 nitrogen and oxygen atoms in total. The van der Waals surface area contributed by atoms with Gasteiger partial charge in [0.05, 0.1) is 35.2 Å². The molecule has 2 saturated carbocycles. The Bertz CT molecular complexity index is 2050. The molecule has 2 unspecified atom stereocenters. The monoisotopic (exact) mass is 722 g/mol. The van der Waals surface area contributed by atoms with Crippen LogP contribution < -0.4 is 16.0 Å². The van der Waals surface area contributed by atoms with Gasteiger partial charge in [0.2, 0.25) is 23.7 Å². The number of alkyl carbamates (subject to hydrolysis) is 1. The minimum atomic E-state index is -0.593. The lowest BCUT2D eigenvalue weighted by Gasteiger charge is -2.29. The van der Waals surface area contributed by atoms with E-state index in [1.54, 1.807) is 45.9 Å². The molecule has 0 spiro atoms. The van der Waals surface area contributed by atoms with E-state index >= 15 is 0 Å². The third-order valence-electron chi connectivity index (χ3n) is 9.60. The van der Waals surface area contributed by atoms with Crippen molar-refractivity contribution in [2.75, 3.05) is 24.7 Å². The van der Waals surface area contributed by atoms with E-state index in [1.807, 2.05) is 48.7 Å². The summed E-state index contributed by atoms with van der Waals surface area (Å²) in [5.41, 5.74) is 3.92. The lowest BCUT2D eigenvalue weighted by Crippen LogP contribution is -2.39. The fraction of sp³-hybridized carbons (Fsp3) is 0.513. The second-order valence-corrected chi connectivity index (χ2v) is 15.2. The fourth-order valence-corrected chi connectivity index (χ4v) is 6.15. The number of hydrogen-bond acceptors (Lipinski definition) is 7. The summed E-state index contributed by atoms with van der Waals surface area (Å²) in [4.78, 5) is 55.0. The summed E-state index contributed by atoms with van der Waals surface area (Å²) < 4.78 is 9.35. The minimum absolute atomic E-state index is 0.0301. The molecule has 6 rings (SSSR count). The van der Waals surface area contributed by atoms with Gasteiger partial charge in [0.1, 0.15) is 5.60 Å². The molecular formula is C39H50N10O4. The number of hydrogen-bond donors (Lipinski definition) is 3. The van der Waals surface area contributed by atoms with Gasteiger partial charge in [-0.25, -0.2) is 24.5 Å². The van der Waals surface area contributed by atoms with Crippen LogP contribution in [0, 0.1) is 13.1 Å². The van der Waals surface area contributed by atoms with Gasteiger partial charge in [-0.1, -0.05) is 12.1 Å². The normalized spacial score (nSPS) is 15.6. The zero-order valence-electron chi connectivity index (χ0n) is 31.7. The summed E-state index contributed by atoms with van der Waals surface area (Å²) in [5.74, 6) is 0.821. The van der Waals surface area contributed by atoms with Crippen molar-refractivity contribution in [2.24, 2.45) is 0 Å². The molecule has 0 bridgehead atoms. The maximum absolute atomic E-state index is 12.6. The number of carbonyl (C=O) groups is 3. The number of carbonyl (C=O) groups excluding carboxylic acids is 3. The summed E-state index contributed by atoms with van der Waals surface area (Å²) >= 11 is 0. The number of nitrogens with one attached hydrogen (secondary N) is 3. The number of nitrogens with zero attached hydrogens (tertiary/aromatic N) is 7. The van der Waals surface area contributed by atoms with Crippen molar-refractivity contribution >= 4 is 63.2 Å². The third-order valence-corrected chi connectivity index (χ3v) is 9.60. The minimum Gasteiger partial charge on any atom is -0.444 e. The Labute approximate surface area is 310 Å². The molecule has 280 valence electrons. The van der Waals surface area contributed by atoms with Gasteiger partial charge < -0.3 is 24.1 Å². The lowest BCUT2D eigenvalue weighted by atomic mass is 9.93. The summed E-state index contributed by atoms with van der Waals surface area (Å²) in [7, 11) is 3.93. The third kappa shape index (κ3) is 9.70. The smallest absolute Gasteiger partial charge is 0.407 e. The highest BCUT2D eigenvalue weighted by Gasteiger charge is 2.28. The van der Waals surface area contributed by atoms with Crippen LogP contribution in [0.4, 0.5) is 28.1 Å². The van der Waals surface area contributed by atoms with Crippen LogP contribution in [0.1, 0.15) is 98.1 Å². The zero-order valence-corrected chi connectivity index (χ0v) is 31.7. The van der Waals surface area contributed by atoms with Gasteiger partial charge in [0.25, 0.3) is 0 Å². The first-order valence-electron chi connectivity index (χ1n) is 18.2. The quantitative estimate of drug-likeness (QED) is 0.140. The average molecular weight is 723 g/mol. The van der Waals surface area contributed by atoms with Crippen LogP contribution in [-0.2, 0) is 14.3 Å². The number of fused-ring (bicyclic) bond motifs is 2. The van der Waals surface area contributed by atoms with Crippen molar-refractivity contribution in [2.45, 2.75) is 116 Å². The van der Waals surface area contributed by atoms with Crippen molar-refractivity contribution in [1.29, 1.82) is 0 Å². The number of ether oxygens (including phenoxy) is 1. The Kier molecular flexibility index (Phi) is 12.0. The number of imidazole rings is 2. The van der Waals surface area contributed by atoms with Crippen LogP contribution in [-0.4, -0.2) is 73.7 Å². The molecule has 3 N–H and O–H groups in total. The summed E-state index contributed by atoms with van der Waals surface area (Å²) in [6.45, 7) is 23.6. The lowest BCUT2D eigenvalue weighted by molar-refractivity contribution is -0.117. The Morgan fingerprint density at radius 1 is 0.830 bits per heavy atom. The van der Waals surface area contributed by atoms with Gasteiger partial charge in [0, 0.05) is 37.0 Å². The molecule has 3 amide bonds. The van der Waals surface area contributed by atoms with Crippen LogP contribution in [0.5, 0.6) is 0 Å². The van der Waals surface area contributed by atoms with Gasteiger partial charge in [-0.05, 0) is 112 Å².